The van der Waals surface area contributed by atoms with Crippen LogP contribution < -0.4 is 4.74 Å². The number of amides is 1. The summed E-state index contributed by atoms with van der Waals surface area (Å²) in [7, 11) is 1.57. The number of carbonyl (C=O) groups is 1. The van der Waals surface area contributed by atoms with Gasteiger partial charge in [-0.1, -0.05) is 30.3 Å². The highest BCUT2D eigenvalue weighted by Gasteiger charge is 2.16. The summed E-state index contributed by atoms with van der Waals surface area (Å²) < 4.78 is 33.7. The zero-order valence-electron chi connectivity index (χ0n) is 13.3. The molecule has 24 heavy (non-hydrogen) atoms. The molecule has 0 aromatic heterocycles. The third-order valence-corrected chi connectivity index (χ3v) is 3.40. The predicted molar refractivity (Wildman–Crippen MR) is 86.1 cm³/mol. The Morgan fingerprint density at radius 2 is 1.75 bits per heavy atom. The highest BCUT2D eigenvalue weighted by molar-refractivity contribution is 5.94. The van der Waals surface area contributed by atoms with Crippen molar-refractivity contribution in [1.29, 1.82) is 0 Å². The lowest BCUT2D eigenvalue weighted by Crippen LogP contribution is -2.33. The second-order valence-corrected chi connectivity index (χ2v) is 5.11. The third kappa shape index (κ3) is 5.31. The number of carbonyl (C=O) groups excluding carboxylic acids is 1. The fourth-order valence-electron chi connectivity index (χ4n) is 2.22. The first kappa shape index (κ1) is 17.9. The number of methoxy groups -OCH3 is 1. The van der Waals surface area contributed by atoms with Crippen molar-refractivity contribution in [3.63, 3.8) is 0 Å². The van der Waals surface area contributed by atoms with Gasteiger partial charge < -0.3 is 14.4 Å². The lowest BCUT2D eigenvalue weighted by atomic mass is 10.1. The molecular weight excluding hydrogens is 316 g/mol. The van der Waals surface area contributed by atoms with E-state index in [4.69, 9.17) is 4.74 Å². The van der Waals surface area contributed by atoms with E-state index in [-0.39, 0.29) is 11.7 Å². The third-order valence-electron chi connectivity index (χ3n) is 3.40. The minimum absolute atomic E-state index is 0.0213. The zero-order chi connectivity index (χ0) is 17.4. The van der Waals surface area contributed by atoms with Gasteiger partial charge in [-0.25, -0.2) is 0 Å². The quantitative estimate of drug-likeness (QED) is 0.740. The molecule has 0 saturated carbocycles. The maximum absolute atomic E-state index is 12.7. The molecule has 0 aliphatic heterocycles. The van der Waals surface area contributed by atoms with Gasteiger partial charge in [0, 0.05) is 25.8 Å². The van der Waals surface area contributed by atoms with Gasteiger partial charge in [-0.3, -0.25) is 4.79 Å². The number of ether oxygens (including phenoxy) is 2. The molecule has 6 heteroatoms. The first-order valence-corrected chi connectivity index (χ1v) is 7.47. The van der Waals surface area contributed by atoms with Crippen LogP contribution in [0.2, 0.25) is 0 Å². The lowest BCUT2D eigenvalue weighted by Gasteiger charge is -2.22. The van der Waals surface area contributed by atoms with Crippen molar-refractivity contribution < 1.29 is 23.0 Å². The molecule has 0 heterocycles. The van der Waals surface area contributed by atoms with Crippen LogP contribution in [0.4, 0.5) is 8.78 Å². The Labute approximate surface area is 139 Å². The van der Waals surface area contributed by atoms with Crippen molar-refractivity contribution in [3.8, 4) is 5.75 Å². The topological polar surface area (TPSA) is 38.8 Å². The van der Waals surface area contributed by atoms with E-state index >= 15 is 0 Å². The lowest BCUT2D eigenvalue weighted by molar-refractivity contribution is -0.0498. The van der Waals surface area contributed by atoms with Crippen molar-refractivity contribution >= 4 is 5.91 Å². The summed E-state index contributed by atoms with van der Waals surface area (Å²) in [5, 5.41) is 0. The van der Waals surface area contributed by atoms with E-state index in [9.17, 15) is 13.6 Å². The minimum Gasteiger partial charge on any atom is -0.435 e. The molecule has 0 N–H and O–H groups in total. The van der Waals surface area contributed by atoms with Gasteiger partial charge >= 0.3 is 6.61 Å². The summed E-state index contributed by atoms with van der Waals surface area (Å²) >= 11 is 0. The summed E-state index contributed by atoms with van der Waals surface area (Å²) in [5.41, 5.74) is 1.41. The average Bonchev–Trinajstić information content (AvgIpc) is 2.59. The first-order chi connectivity index (χ1) is 11.6. The number of nitrogens with zero attached hydrogens (tertiary/aromatic N) is 1. The van der Waals surface area contributed by atoms with Gasteiger partial charge in [0.2, 0.25) is 0 Å². The number of benzene rings is 2. The van der Waals surface area contributed by atoms with E-state index in [2.05, 4.69) is 4.74 Å². The smallest absolute Gasteiger partial charge is 0.387 e. The Hall–Kier alpha value is -2.47. The Morgan fingerprint density at radius 3 is 2.33 bits per heavy atom. The average molecular weight is 335 g/mol. The summed E-state index contributed by atoms with van der Waals surface area (Å²) in [6.45, 7) is -1.61. The normalized spacial score (nSPS) is 10.7. The van der Waals surface area contributed by atoms with Crippen LogP contribution >= 0.6 is 0 Å². The minimum atomic E-state index is -2.89. The molecule has 128 valence electrons. The summed E-state index contributed by atoms with van der Waals surface area (Å²) in [6.07, 6.45) is 0. The van der Waals surface area contributed by atoms with Crippen LogP contribution in [0.5, 0.6) is 5.75 Å². The van der Waals surface area contributed by atoms with Crippen LogP contribution in [-0.2, 0) is 11.3 Å². The standard InChI is InChI=1S/C18H19F2NO3/c1-23-12-11-21(13-14-5-3-2-4-6-14)17(22)15-7-9-16(10-8-15)24-18(19)20/h2-10,18H,11-13H2,1H3. The molecule has 0 bridgehead atoms. The summed E-state index contributed by atoms with van der Waals surface area (Å²) in [4.78, 5) is 14.3. The number of hydrogen-bond donors (Lipinski definition) is 0. The van der Waals surface area contributed by atoms with Crippen molar-refractivity contribution in [3.05, 3.63) is 65.7 Å². The van der Waals surface area contributed by atoms with E-state index in [0.29, 0.717) is 25.3 Å². The van der Waals surface area contributed by atoms with Gasteiger partial charge in [0.15, 0.2) is 0 Å². The number of rotatable bonds is 8. The van der Waals surface area contributed by atoms with E-state index in [0.717, 1.165) is 5.56 Å². The van der Waals surface area contributed by atoms with Gasteiger partial charge in [0.1, 0.15) is 5.75 Å². The van der Waals surface area contributed by atoms with E-state index in [1.807, 2.05) is 30.3 Å². The van der Waals surface area contributed by atoms with Crippen molar-refractivity contribution in [2.24, 2.45) is 0 Å². The van der Waals surface area contributed by atoms with Crippen LogP contribution in [0.3, 0.4) is 0 Å². The molecule has 0 saturated heterocycles. The molecule has 0 fully saturated rings. The van der Waals surface area contributed by atoms with Crippen LogP contribution in [0, 0.1) is 0 Å². The Balaban J connectivity index is 2.11. The number of alkyl halides is 2. The Kier molecular flexibility index (Phi) is 6.69. The fraction of sp³-hybridized carbons (Fsp3) is 0.278. The molecule has 2 aromatic carbocycles. The van der Waals surface area contributed by atoms with E-state index < -0.39 is 6.61 Å². The second kappa shape index (κ2) is 8.98. The van der Waals surface area contributed by atoms with Crippen molar-refractivity contribution in [2.45, 2.75) is 13.2 Å². The van der Waals surface area contributed by atoms with Gasteiger partial charge in [0.25, 0.3) is 5.91 Å². The molecular formula is C18H19F2NO3. The fourth-order valence-corrected chi connectivity index (χ4v) is 2.22. The van der Waals surface area contributed by atoms with Crippen molar-refractivity contribution in [1.82, 2.24) is 4.90 Å². The monoisotopic (exact) mass is 335 g/mol. The molecule has 0 atom stereocenters. The van der Waals surface area contributed by atoms with Gasteiger partial charge in [0.05, 0.1) is 6.61 Å². The summed E-state index contributed by atoms with van der Waals surface area (Å²) in [5.74, 6) is -0.174. The molecule has 1 amide bonds. The second-order valence-electron chi connectivity index (χ2n) is 5.11. The summed E-state index contributed by atoms with van der Waals surface area (Å²) in [6, 6.07) is 15.3. The van der Waals surface area contributed by atoms with Gasteiger partial charge in [-0.05, 0) is 29.8 Å². The Bertz CT molecular complexity index is 632. The van der Waals surface area contributed by atoms with Crippen LogP contribution in [0.1, 0.15) is 15.9 Å². The van der Waals surface area contributed by atoms with Crippen LogP contribution in [-0.4, -0.2) is 37.7 Å². The molecule has 0 radical (unpaired) electrons. The molecule has 2 rings (SSSR count). The first-order valence-electron chi connectivity index (χ1n) is 7.47. The van der Waals surface area contributed by atoms with Crippen LogP contribution in [0.25, 0.3) is 0 Å². The molecule has 0 spiro atoms. The molecule has 2 aromatic rings. The van der Waals surface area contributed by atoms with E-state index in [1.54, 1.807) is 12.0 Å². The highest BCUT2D eigenvalue weighted by atomic mass is 19.3. The molecule has 0 unspecified atom stereocenters. The van der Waals surface area contributed by atoms with Gasteiger partial charge in [-0.2, -0.15) is 8.78 Å². The maximum atomic E-state index is 12.7. The largest absolute Gasteiger partial charge is 0.435 e. The van der Waals surface area contributed by atoms with E-state index in [1.165, 1.54) is 24.3 Å². The number of halogens is 2. The molecule has 0 aliphatic carbocycles. The van der Waals surface area contributed by atoms with Crippen molar-refractivity contribution in [2.75, 3.05) is 20.3 Å². The molecule has 0 aliphatic rings. The maximum Gasteiger partial charge on any atom is 0.387 e. The Morgan fingerprint density at radius 1 is 1.08 bits per heavy atom. The van der Waals surface area contributed by atoms with Crippen LogP contribution in [0.15, 0.2) is 54.6 Å². The predicted octanol–water partition coefficient (Wildman–Crippen LogP) is 3.58. The zero-order valence-corrected chi connectivity index (χ0v) is 13.3. The SMILES string of the molecule is COCCN(Cc1ccccc1)C(=O)c1ccc(OC(F)F)cc1. The number of hydrogen-bond acceptors (Lipinski definition) is 3. The molecule has 4 nitrogen and oxygen atoms in total. The highest BCUT2D eigenvalue weighted by Crippen LogP contribution is 2.17. The van der Waals surface area contributed by atoms with Gasteiger partial charge in [-0.15, -0.1) is 0 Å².